The van der Waals surface area contributed by atoms with Crippen LogP contribution in [0.4, 0.5) is 0 Å². The van der Waals surface area contributed by atoms with Gasteiger partial charge in [-0.1, -0.05) is 12.1 Å². The minimum atomic E-state index is -0.0688. The Morgan fingerprint density at radius 1 is 0.900 bits per heavy atom. The monoisotopic (exact) mass is 412 g/mol. The summed E-state index contributed by atoms with van der Waals surface area (Å²) in [5.74, 6) is 0. The van der Waals surface area contributed by atoms with Crippen LogP contribution in [0.3, 0.4) is 0 Å². The molecule has 5 heterocycles. The molecule has 6 nitrogen and oxygen atoms in total. The predicted molar refractivity (Wildman–Crippen MR) is 119 cm³/mol. The van der Waals surface area contributed by atoms with Crippen molar-refractivity contribution in [2.45, 2.75) is 18.6 Å². The van der Waals surface area contributed by atoms with Crippen molar-refractivity contribution < 1.29 is 0 Å². The SMILES string of the molecule is S=C1N[C@H](c2ccccn2)[C@H](c2cccn2-c2cccnc2)N1Cc1cccnc1. The predicted octanol–water partition coefficient (Wildman–Crippen LogP) is 3.84. The van der Waals surface area contributed by atoms with Gasteiger partial charge < -0.3 is 14.8 Å². The summed E-state index contributed by atoms with van der Waals surface area (Å²) in [6.45, 7) is 0.659. The van der Waals surface area contributed by atoms with Crippen molar-refractivity contribution in [3.05, 3.63) is 109 Å². The smallest absolute Gasteiger partial charge is 0.170 e. The van der Waals surface area contributed by atoms with Gasteiger partial charge in [-0.05, 0) is 60.2 Å². The van der Waals surface area contributed by atoms with Crippen LogP contribution in [0.25, 0.3) is 5.69 Å². The number of nitrogens with one attached hydrogen (secondary N) is 1. The maximum absolute atomic E-state index is 5.77. The van der Waals surface area contributed by atoms with E-state index in [4.69, 9.17) is 12.2 Å². The fourth-order valence-corrected chi connectivity index (χ4v) is 4.26. The lowest BCUT2D eigenvalue weighted by atomic mass is 10.0. The van der Waals surface area contributed by atoms with E-state index in [1.165, 1.54) is 0 Å². The first-order valence-corrected chi connectivity index (χ1v) is 10.2. The van der Waals surface area contributed by atoms with Crippen molar-refractivity contribution >= 4 is 17.3 Å². The Morgan fingerprint density at radius 2 is 1.77 bits per heavy atom. The molecule has 4 aromatic heterocycles. The highest BCUT2D eigenvalue weighted by Gasteiger charge is 2.41. The van der Waals surface area contributed by atoms with Crippen molar-refractivity contribution in [2.24, 2.45) is 0 Å². The van der Waals surface area contributed by atoms with Crippen molar-refractivity contribution in [1.29, 1.82) is 0 Å². The van der Waals surface area contributed by atoms with Gasteiger partial charge in [-0.3, -0.25) is 15.0 Å². The highest BCUT2D eigenvalue weighted by Crippen LogP contribution is 2.40. The molecule has 5 rings (SSSR count). The molecule has 0 radical (unpaired) electrons. The van der Waals surface area contributed by atoms with Gasteiger partial charge in [0.05, 0.1) is 29.7 Å². The molecule has 0 aliphatic carbocycles. The molecule has 0 bridgehead atoms. The van der Waals surface area contributed by atoms with Gasteiger partial charge in [0, 0.05) is 43.2 Å². The van der Waals surface area contributed by atoms with Crippen LogP contribution in [-0.4, -0.2) is 29.5 Å². The first kappa shape index (κ1) is 18.4. The average Bonchev–Trinajstić information content (AvgIpc) is 3.40. The molecule has 1 aliphatic rings. The first-order chi connectivity index (χ1) is 14.8. The Morgan fingerprint density at radius 3 is 2.50 bits per heavy atom. The van der Waals surface area contributed by atoms with Gasteiger partial charge in [0.1, 0.15) is 0 Å². The van der Waals surface area contributed by atoms with Crippen LogP contribution in [0, 0.1) is 0 Å². The third kappa shape index (κ3) is 3.44. The van der Waals surface area contributed by atoms with E-state index < -0.39 is 0 Å². The minimum absolute atomic E-state index is 0.0391. The molecule has 0 spiro atoms. The summed E-state index contributed by atoms with van der Waals surface area (Å²) < 4.78 is 2.17. The highest BCUT2D eigenvalue weighted by molar-refractivity contribution is 7.80. The molecule has 7 heteroatoms. The second-order valence-corrected chi connectivity index (χ2v) is 7.52. The van der Waals surface area contributed by atoms with Crippen molar-refractivity contribution in [1.82, 2.24) is 29.7 Å². The second-order valence-electron chi connectivity index (χ2n) is 7.13. The molecule has 2 atom stereocenters. The number of nitrogens with zero attached hydrogens (tertiary/aromatic N) is 5. The molecule has 1 aliphatic heterocycles. The second kappa shape index (κ2) is 8.04. The van der Waals surface area contributed by atoms with Gasteiger partial charge in [0.15, 0.2) is 5.11 Å². The van der Waals surface area contributed by atoms with Gasteiger partial charge in [0.25, 0.3) is 0 Å². The summed E-state index contributed by atoms with van der Waals surface area (Å²) in [6, 6.07) is 18.1. The lowest BCUT2D eigenvalue weighted by Crippen LogP contribution is -2.30. The van der Waals surface area contributed by atoms with Crippen molar-refractivity contribution in [3.63, 3.8) is 0 Å². The maximum atomic E-state index is 5.77. The number of hydrogen-bond acceptors (Lipinski definition) is 4. The van der Waals surface area contributed by atoms with Crippen LogP contribution in [0.1, 0.15) is 29.0 Å². The highest BCUT2D eigenvalue weighted by atomic mass is 32.1. The zero-order valence-electron chi connectivity index (χ0n) is 16.2. The Bertz CT molecular complexity index is 1130. The standard InChI is InChI=1S/C23H20N6S/c30-23-27-21(19-8-1-2-12-26-19)22(29(23)16-17-6-3-10-24-14-17)20-9-5-13-28(20)18-7-4-11-25-15-18/h1-15,21-22H,16H2,(H,27,30)/t21-,22+/m1/s1. The Kier molecular flexibility index (Phi) is 4.94. The zero-order chi connectivity index (χ0) is 20.3. The van der Waals surface area contributed by atoms with E-state index in [-0.39, 0.29) is 12.1 Å². The van der Waals surface area contributed by atoms with Crippen LogP contribution in [0.2, 0.25) is 0 Å². The molecular weight excluding hydrogens is 392 g/mol. The first-order valence-electron chi connectivity index (χ1n) is 9.76. The topological polar surface area (TPSA) is 58.9 Å². The largest absolute Gasteiger partial charge is 0.352 e. The fraction of sp³-hybridized carbons (Fsp3) is 0.130. The Balaban J connectivity index is 1.60. The van der Waals surface area contributed by atoms with Crippen LogP contribution in [0.15, 0.2) is 91.8 Å². The maximum Gasteiger partial charge on any atom is 0.170 e. The quantitative estimate of drug-likeness (QED) is 0.503. The molecule has 148 valence electrons. The van der Waals surface area contributed by atoms with Crippen LogP contribution >= 0.6 is 12.2 Å². The summed E-state index contributed by atoms with van der Waals surface area (Å²) >= 11 is 5.77. The van der Waals surface area contributed by atoms with Crippen molar-refractivity contribution in [3.8, 4) is 5.69 Å². The molecule has 0 aromatic carbocycles. The third-order valence-electron chi connectivity index (χ3n) is 5.28. The van der Waals surface area contributed by atoms with Crippen LogP contribution < -0.4 is 5.32 Å². The van der Waals surface area contributed by atoms with Crippen molar-refractivity contribution in [2.75, 3.05) is 0 Å². The van der Waals surface area contributed by atoms with Gasteiger partial charge in [-0.15, -0.1) is 0 Å². The number of pyridine rings is 3. The normalized spacial score (nSPS) is 18.4. The number of rotatable bonds is 5. The van der Waals surface area contributed by atoms with E-state index in [2.05, 4.69) is 60.2 Å². The fourth-order valence-electron chi connectivity index (χ4n) is 3.95. The minimum Gasteiger partial charge on any atom is -0.352 e. The summed E-state index contributed by atoms with van der Waals surface area (Å²) in [6.07, 6.45) is 11.2. The van der Waals surface area contributed by atoms with Crippen LogP contribution in [0.5, 0.6) is 0 Å². The third-order valence-corrected chi connectivity index (χ3v) is 5.63. The van der Waals surface area contributed by atoms with Gasteiger partial charge in [-0.25, -0.2) is 0 Å². The van der Waals surface area contributed by atoms with E-state index in [1.54, 1.807) is 12.4 Å². The molecule has 0 unspecified atom stereocenters. The lowest BCUT2D eigenvalue weighted by Gasteiger charge is -2.29. The average molecular weight is 413 g/mol. The zero-order valence-corrected chi connectivity index (χ0v) is 17.0. The van der Waals surface area contributed by atoms with E-state index >= 15 is 0 Å². The molecule has 1 fully saturated rings. The van der Waals surface area contributed by atoms with Crippen LogP contribution in [-0.2, 0) is 6.54 Å². The molecule has 0 amide bonds. The summed E-state index contributed by atoms with van der Waals surface area (Å²) in [7, 11) is 0. The van der Waals surface area contributed by atoms with E-state index in [0.29, 0.717) is 11.7 Å². The molecule has 0 saturated carbocycles. The molecule has 1 saturated heterocycles. The molecule has 1 N–H and O–H groups in total. The Hall–Kier alpha value is -3.58. The molecule has 30 heavy (non-hydrogen) atoms. The molecule has 4 aromatic rings. The van der Waals surface area contributed by atoms with Gasteiger partial charge in [0.2, 0.25) is 0 Å². The lowest BCUT2D eigenvalue weighted by molar-refractivity contribution is 0.302. The number of hydrogen-bond donors (Lipinski definition) is 1. The Labute approximate surface area is 180 Å². The van der Waals surface area contributed by atoms with E-state index in [0.717, 1.165) is 22.6 Å². The van der Waals surface area contributed by atoms with Gasteiger partial charge >= 0.3 is 0 Å². The summed E-state index contributed by atoms with van der Waals surface area (Å²) in [5, 5.41) is 4.21. The number of thiocarbonyl (C=S) groups is 1. The van der Waals surface area contributed by atoms with Gasteiger partial charge in [-0.2, -0.15) is 0 Å². The van der Waals surface area contributed by atoms with E-state index in [9.17, 15) is 0 Å². The summed E-state index contributed by atoms with van der Waals surface area (Å²) in [4.78, 5) is 15.4. The molecular formula is C23H20N6S. The summed E-state index contributed by atoms with van der Waals surface area (Å²) in [5.41, 5.74) is 4.19. The number of aromatic nitrogens is 4. The van der Waals surface area contributed by atoms with E-state index in [1.807, 2.05) is 48.9 Å².